The minimum atomic E-state index is -0.263. The molecule has 2 saturated heterocycles. The number of benzene rings is 1. The summed E-state index contributed by atoms with van der Waals surface area (Å²) in [5.74, 6) is 0.598. The van der Waals surface area contributed by atoms with Gasteiger partial charge in [-0.15, -0.1) is 0 Å². The third-order valence-electron chi connectivity index (χ3n) is 4.75. The zero-order valence-corrected chi connectivity index (χ0v) is 16.5. The van der Waals surface area contributed by atoms with Crippen molar-refractivity contribution < 1.29 is 13.9 Å². The predicted molar refractivity (Wildman–Crippen MR) is 101 cm³/mol. The summed E-state index contributed by atoms with van der Waals surface area (Å²) in [4.78, 5) is 20.7. The van der Waals surface area contributed by atoms with Crippen molar-refractivity contribution in [2.75, 3.05) is 39.8 Å². The Morgan fingerprint density at radius 1 is 1.35 bits per heavy atom. The molecule has 0 spiro atoms. The minimum Gasteiger partial charge on any atom is -0.368 e. The van der Waals surface area contributed by atoms with E-state index in [0.717, 1.165) is 28.8 Å². The van der Waals surface area contributed by atoms with E-state index in [-0.39, 0.29) is 17.8 Å². The molecule has 3 rings (SSSR count). The molecule has 0 radical (unpaired) electrons. The van der Waals surface area contributed by atoms with Crippen LogP contribution in [-0.4, -0.2) is 67.6 Å². The van der Waals surface area contributed by atoms with E-state index in [9.17, 15) is 9.18 Å². The average Bonchev–Trinajstić information content (AvgIpc) is 3.19. The number of guanidine groups is 1. The van der Waals surface area contributed by atoms with Gasteiger partial charge in [0, 0.05) is 50.9 Å². The van der Waals surface area contributed by atoms with Gasteiger partial charge >= 0.3 is 0 Å². The fourth-order valence-electron chi connectivity index (χ4n) is 3.30. The number of halogens is 2. The van der Waals surface area contributed by atoms with E-state index in [1.807, 2.05) is 4.90 Å². The summed E-state index contributed by atoms with van der Waals surface area (Å²) >= 11 is 3.44. The van der Waals surface area contributed by atoms with Crippen LogP contribution in [0.2, 0.25) is 0 Å². The Labute approximate surface area is 161 Å². The lowest BCUT2D eigenvalue weighted by atomic mass is 10.2. The first-order valence-corrected chi connectivity index (χ1v) is 9.67. The van der Waals surface area contributed by atoms with Crippen LogP contribution in [0.5, 0.6) is 0 Å². The summed E-state index contributed by atoms with van der Waals surface area (Å²) in [6.07, 6.45) is 1.53. The largest absolute Gasteiger partial charge is 0.368 e. The number of hydrogen-bond donors (Lipinski definition) is 1. The molecule has 0 saturated carbocycles. The van der Waals surface area contributed by atoms with Gasteiger partial charge in [0.2, 0.25) is 0 Å². The smallest absolute Gasteiger partial charge is 0.251 e. The molecule has 1 atom stereocenters. The molecule has 1 aromatic rings. The number of carbonyl (C=O) groups is 1. The molecule has 6 nitrogen and oxygen atoms in total. The van der Waals surface area contributed by atoms with Gasteiger partial charge in [0.15, 0.2) is 5.96 Å². The van der Waals surface area contributed by atoms with E-state index in [4.69, 9.17) is 4.74 Å². The maximum Gasteiger partial charge on any atom is 0.251 e. The number of piperazine rings is 1. The second-order valence-electron chi connectivity index (χ2n) is 6.45. The molecular formula is C18H24BrFN4O2. The number of rotatable bonds is 3. The third-order valence-corrected chi connectivity index (χ3v) is 5.53. The Balaban J connectivity index is 1.52. The fourth-order valence-corrected chi connectivity index (χ4v) is 3.69. The van der Waals surface area contributed by atoms with Crippen molar-refractivity contribution in [1.29, 1.82) is 0 Å². The van der Waals surface area contributed by atoms with Gasteiger partial charge in [-0.1, -0.05) is 15.9 Å². The molecule has 0 bridgehead atoms. The second kappa shape index (κ2) is 8.81. The van der Waals surface area contributed by atoms with E-state index < -0.39 is 0 Å². The molecule has 1 unspecified atom stereocenters. The minimum absolute atomic E-state index is 0.105. The number of nitrogens with one attached hydrogen (secondary N) is 1. The van der Waals surface area contributed by atoms with Gasteiger partial charge in [0.1, 0.15) is 11.9 Å². The maximum absolute atomic E-state index is 13.4. The van der Waals surface area contributed by atoms with Crippen molar-refractivity contribution in [3.63, 3.8) is 0 Å². The zero-order chi connectivity index (χ0) is 18.5. The predicted octanol–water partition coefficient (Wildman–Crippen LogP) is 1.99. The first-order valence-electron chi connectivity index (χ1n) is 8.88. The normalized spacial score (nSPS) is 21.2. The van der Waals surface area contributed by atoms with Crippen LogP contribution in [0, 0.1) is 5.82 Å². The number of ether oxygens (including phenoxy) is 1. The van der Waals surface area contributed by atoms with E-state index in [2.05, 4.69) is 31.1 Å². The molecular weight excluding hydrogens is 403 g/mol. The average molecular weight is 427 g/mol. The second-order valence-corrected chi connectivity index (χ2v) is 7.30. The highest BCUT2D eigenvalue weighted by molar-refractivity contribution is 9.10. The maximum atomic E-state index is 13.4. The molecule has 2 heterocycles. The first-order chi connectivity index (χ1) is 12.6. The van der Waals surface area contributed by atoms with Crippen LogP contribution in [0.15, 0.2) is 27.7 Å². The summed E-state index contributed by atoms with van der Waals surface area (Å²) in [7, 11) is 1.73. The van der Waals surface area contributed by atoms with Crippen molar-refractivity contribution in [2.45, 2.75) is 25.5 Å². The van der Waals surface area contributed by atoms with Crippen molar-refractivity contribution >= 4 is 27.8 Å². The molecule has 142 valence electrons. The van der Waals surface area contributed by atoms with Crippen LogP contribution < -0.4 is 5.32 Å². The molecule has 2 aliphatic rings. The summed E-state index contributed by atoms with van der Waals surface area (Å²) in [6, 6.07) is 4.62. The van der Waals surface area contributed by atoms with Gasteiger partial charge in [-0.2, -0.15) is 0 Å². The third kappa shape index (κ3) is 4.54. The van der Waals surface area contributed by atoms with Gasteiger partial charge in [0.05, 0.1) is 0 Å². The SMILES string of the molecule is CN=C(NCc1cc(F)ccc1Br)N1CCN(C(=O)C2CCCO2)CC1. The molecule has 1 aromatic carbocycles. The van der Waals surface area contributed by atoms with Crippen LogP contribution >= 0.6 is 15.9 Å². The van der Waals surface area contributed by atoms with E-state index in [1.54, 1.807) is 13.1 Å². The van der Waals surface area contributed by atoms with E-state index in [1.165, 1.54) is 12.1 Å². The zero-order valence-electron chi connectivity index (χ0n) is 14.9. The van der Waals surface area contributed by atoms with Crippen LogP contribution in [0.3, 0.4) is 0 Å². The Morgan fingerprint density at radius 2 is 2.08 bits per heavy atom. The topological polar surface area (TPSA) is 57.2 Å². The Bertz CT molecular complexity index is 671. The summed E-state index contributed by atoms with van der Waals surface area (Å²) in [5, 5.41) is 3.27. The van der Waals surface area contributed by atoms with Gasteiger partial charge in [-0.05, 0) is 36.6 Å². The highest BCUT2D eigenvalue weighted by Gasteiger charge is 2.30. The monoisotopic (exact) mass is 426 g/mol. The first kappa shape index (κ1) is 19.1. The van der Waals surface area contributed by atoms with Crippen molar-refractivity contribution in [2.24, 2.45) is 4.99 Å². The Hall–Kier alpha value is -1.67. The fraction of sp³-hybridized carbons (Fsp3) is 0.556. The van der Waals surface area contributed by atoms with Crippen molar-refractivity contribution in [1.82, 2.24) is 15.1 Å². The van der Waals surface area contributed by atoms with Crippen LogP contribution in [0.4, 0.5) is 4.39 Å². The molecule has 26 heavy (non-hydrogen) atoms. The standard InChI is InChI=1S/C18H24BrFN4O2/c1-21-18(22-12-13-11-14(20)4-5-15(13)19)24-8-6-23(7-9-24)17(25)16-3-2-10-26-16/h4-5,11,16H,2-3,6-10,12H2,1H3,(H,21,22). The Kier molecular flexibility index (Phi) is 6.48. The van der Waals surface area contributed by atoms with Crippen molar-refractivity contribution in [3.8, 4) is 0 Å². The van der Waals surface area contributed by atoms with Crippen LogP contribution in [0.1, 0.15) is 18.4 Å². The number of carbonyl (C=O) groups excluding carboxylic acids is 1. The molecule has 0 aromatic heterocycles. The lowest BCUT2D eigenvalue weighted by Crippen LogP contribution is -2.55. The number of aliphatic imine (C=N–C) groups is 1. The van der Waals surface area contributed by atoms with E-state index in [0.29, 0.717) is 39.3 Å². The molecule has 0 aliphatic carbocycles. The lowest BCUT2D eigenvalue weighted by Gasteiger charge is -2.37. The van der Waals surface area contributed by atoms with Gasteiger partial charge in [-0.25, -0.2) is 4.39 Å². The molecule has 2 aliphatic heterocycles. The van der Waals surface area contributed by atoms with Crippen LogP contribution in [-0.2, 0) is 16.1 Å². The van der Waals surface area contributed by atoms with Gasteiger partial charge < -0.3 is 19.9 Å². The quantitative estimate of drug-likeness (QED) is 0.592. The number of hydrogen-bond acceptors (Lipinski definition) is 3. The lowest BCUT2D eigenvalue weighted by molar-refractivity contribution is -0.142. The number of nitrogens with zero attached hydrogens (tertiary/aromatic N) is 3. The molecule has 2 fully saturated rings. The Morgan fingerprint density at radius 3 is 2.73 bits per heavy atom. The highest BCUT2D eigenvalue weighted by atomic mass is 79.9. The summed E-state index contributed by atoms with van der Waals surface area (Å²) in [6.45, 7) is 3.89. The van der Waals surface area contributed by atoms with Crippen LogP contribution in [0.25, 0.3) is 0 Å². The van der Waals surface area contributed by atoms with Gasteiger partial charge in [0.25, 0.3) is 5.91 Å². The molecule has 1 amide bonds. The highest BCUT2D eigenvalue weighted by Crippen LogP contribution is 2.18. The summed E-state index contributed by atoms with van der Waals surface area (Å²) < 4.78 is 19.8. The van der Waals surface area contributed by atoms with E-state index >= 15 is 0 Å². The molecule has 1 N–H and O–H groups in total. The van der Waals surface area contributed by atoms with Gasteiger partial charge in [-0.3, -0.25) is 9.79 Å². The van der Waals surface area contributed by atoms with Crippen molar-refractivity contribution in [3.05, 3.63) is 34.1 Å². The molecule has 8 heteroatoms. The summed E-state index contributed by atoms with van der Waals surface area (Å²) in [5.41, 5.74) is 0.832. The number of amides is 1.